The van der Waals surface area contributed by atoms with Crippen molar-refractivity contribution in [1.82, 2.24) is 34.6 Å². The van der Waals surface area contributed by atoms with Crippen LogP contribution in [0.5, 0.6) is 5.88 Å². The first-order valence-electron chi connectivity index (χ1n) is 10.4. The molecule has 0 bridgehead atoms. The second kappa shape index (κ2) is 7.53. The van der Waals surface area contributed by atoms with Crippen molar-refractivity contribution in [3.63, 3.8) is 0 Å². The highest BCUT2D eigenvalue weighted by Crippen LogP contribution is 2.33. The minimum absolute atomic E-state index is 0.223. The fourth-order valence-corrected chi connectivity index (χ4v) is 3.22. The van der Waals surface area contributed by atoms with E-state index >= 15 is 0 Å². The molecule has 1 saturated carbocycles. The summed E-state index contributed by atoms with van der Waals surface area (Å²) in [5.74, 6) is 2.14. The van der Waals surface area contributed by atoms with E-state index < -0.39 is 0 Å². The van der Waals surface area contributed by atoms with E-state index in [-0.39, 0.29) is 12.1 Å². The van der Waals surface area contributed by atoms with Crippen molar-refractivity contribution in [3.05, 3.63) is 36.8 Å². The van der Waals surface area contributed by atoms with Crippen molar-refractivity contribution < 1.29 is 4.74 Å². The smallest absolute Gasteiger partial charge is 0.238 e. The molecule has 4 heterocycles. The van der Waals surface area contributed by atoms with Gasteiger partial charge in [-0.15, -0.1) is 5.10 Å². The van der Waals surface area contributed by atoms with Crippen LogP contribution in [-0.2, 0) is 0 Å². The molecule has 0 unspecified atom stereocenters. The van der Waals surface area contributed by atoms with Crippen LogP contribution in [0.2, 0.25) is 0 Å². The number of hydrogen-bond donors (Lipinski definition) is 1. The second-order valence-corrected chi connectivity index (χ2v) is 8.16. The number of rotatable bonds is 7. The van der Waals surface area contributed by atoms with Crippen LogP contribution in [0.25, 0.3) is 16.9 Å². The van der Waals surface area contributed by atoms with Gasteiger partial charge >= 0.3 is 0 Å². The van der Waals surface area contributed by atoms with Gasteiger partial charge in [-0.05, 0) is 38.8 Å². The maximum absolute atomic E-state index is 5.95. The quantitative estimate of drug-likeness (QED) is 0.487. The zero-order valence-corrected chi connectivity index (χ0v) is 18.0. The zero-order chi connectivity index (χ0) is 21.5. The highest BCUT2D eigenvalue weighted by Gasteiger charge is 2.25. The van der Waals surface area contributed by atoms with Crippen molar-refractivity contribution in [2.45, 2.75) is 38.8 Å². The molecule has 10 heteroatoms. The molecule has 10 nitrogen and oxygen atoms in total. The zero-order valence-electron chi connectivity index (χ0n) is 18.0. The number of ether oxygens (including phenoxy) is 1. The summed E-state index contributed by atoms with van der Waals surface area (Å²) in [4.78, 5) is 11.2. The van der Waals surface area contributed by atoms with Gasteiger partial charge in [-0.2, -0.15) is 9.61 Å². The lowest BCUT2D eigenvalue weighted by atomic mass is 10.2. The van der Waals surface area contributed by atoms with E-state index in [0.717, 1.165) is 35.6 Å². The van der Waals surface area contributed by atoms with E-state index in [2.05, 4.69) is 39.6 Å². The van der Waals surface area contributed by atoms with Gasteiger partial charge in [0.25, 0.3) is 0 Å². The topological polar surface area (TPSA) is 98.3 Å². The Morgan fingerprint density at radius 3 is 2.81 bits per heavy atom. The SMILES string of the molecule is CC(C)n1cc(-c2cnn3c(N(C)C)cc(Nc4cccnc4OC4CC4)nc23)nn1. The number of hydrogen-bond acceptors (Lipinski definition) is 8. The Balaban J connectivity index is 1.57. The molecule has 0 saturated heterocycles. The van der Waals surface area contributed by atoms with Crippen molar-refractivity contribution in [2.75, 3.05) is 24.3 Å². The molecule has 0 radical (unpaired) electrons. The molecule has 1 aliphatic carbocycles. The monoisotopic (exact) mass is 419 g/mol. The Bertz CT molecular complexity index is 1220. The first-order valence-corrected chi connectivity index (χ1v) is 10.4. The van der Waals surface area contributed by atoms with Crippen molar-refractivity contribution in [2.24, 2.45) is 0 Å². The van der Waals surface area contributed by atoms with Crippen molar-refractivity contribution in [1.29, 1.82) is 0 Å². The third kappa shape index (κ3) is 3.76. The van der Waals surface area contributed by atoms with Crippen LogP contribution < -0.4 is 15.0 Å². The number of pyridine rings is 1. The van der Waals surface area contributed by atoms with Gasteiger partial charge in [-0.1, -0.05) is 5.21 Å². The third-order valence-corrected chi connectivity index (χ3v) is 5.06. The standard InChI is InChI=1S/C21H25N9O/c1-13(2)29-12-17(26-27-29)15-11-23-30-19(28(3)4)10-18(25-20(15)30)24-16-6-5-9-22-21(16)31-14-7-8-14/h5-6,9-14H,7-8H2,1-4H3,(H,24,25). The number of aromatic nitrogens is 7. The average Bonchev–Trinajstić information content (AvgIpc) is 3.24. The lowest BCUT2D eigenvalue weighted by molar-refractivity contribution is 0.293. The Kier molecular flexibility index (Phi) is 4.68. The maximum Gasteiger partial charge on any atom is 0.238 e. The molecule has 31 heavy (non-hydrogen) atoms. The van der Waals surface area contributed by atoms with E-state index in [9.17, 15) is 0 Å². The summed E-state index contributed by atoms with van der Waals surface area (Å²) in [6.45, 7) is 4.13. The number of fused-ring (bicyclic) bond motifs is 1. The van der Waals surface area contributed by atoms with Gasteiger partial charge in [0.05, 0.1) is 18.0 Å². The molecule has 1 N–H and O–H groups in total. The normalized spacial score (nSPS) is 13.7. The lowest BCUT2D eigenvalue weighted by Gasteiger charge is -2.17. The minimum Gasteiger partial charge on any atom is -0.473 e. The molecule has 160 valence electrons. The lowest BCUT2D eigenvalue weighted by Crippen LogP contribution is -2.15. The van der Waals surface area contributed by atoms with Gasteiger partial charge in [-0.25, -0.2) is 14.6 Å². The van der Waals surface area contributed by atoms with E-state index in [1.54, 1.807) is 16.9 Å². The Labute approximate surface area is 179 Å². The van der Waals surface area contributed by atoms with Crippen LogP contribution in [0, 0.1) is 0 Å². The summed E-state index contributed by atoms with van der Waals surface area (Å²) in [7, 11) is 3.95. The molecule has 0 aromatic carbocycles. The van der Waals surface area contributed by atoms with Crippen LogP contribution in [0.15, 0.2) is 36.8 Å². The molecule has 0 atom stereocenters. The number of nitrogens with zero attached hydrogens (tertiary/aromatic N) is 8. The Morgan fingerprint density at radius 1 is 1.26 bits per heavy atom. The van der Waals surface area contributed by atoms with Gasteiger partial charge in [0.15, 0.2) is 5.65 Å². The first-order chi connectivity index (χ1) is 15.0. The molecule has 5 rings (SSSR count). The van der Waals surface area contributed by atoms with E-state index in [4.69, 9.17) is 9.72 Å². The van der Waals surface area contributed by atoms with Gasteiger partial charge in [0, 0.05) is 32.4 Å². The van der Waals surface area contributed by atoms with Gasteiger partial charge in [-0.3, -0.25) is 0 Å². The Morgan fingerprint density at radius 2 is 2.10 bits per heavy atom. The van der Waals surface area contributed by atoms with Crippen LogP contribution in [0.4, 0.5) is 17.3 Å². The average molecular weight is 419 g/mol. The summed E-state index contributed by atoms with van der Waals surface area (Å²) in [6, 6.07) is 5.99. The van der Waals surface area contributed by atoms with Crippen LogP contribution in [0.1, 0.15) is 32.7 Å². The number of nitrogens with one attached hydrogen (secondary N) is 1. The highest BCUT2D eigenvalue weighted by molar-refractivity contribution is 5.78. The summed E-state index contributed by atoms with van der Waals surface area (Å²) in [6.07, 6.45) is 7.83. The largest absolute Gasteiger partial charge is 0.473 e. The first kappa shape index (κ1) is 19.3. The highest BCUT2D eigenvalue weighted by atomic mass is 16.5. The van der Waals surface area contributed by atoms with Gasteiger partial charge < -0.3 is 15.0 Å². The molecule has 4 aromatic heterocycles. The summed E-state index contributed by atoms with van der Waals surface area (Å²) >= 11 is 0. The van der Waals surface area contributed by atoms with Crippen molar-refractivity contribution in [3.8, 4) is 17.1 Å². The predicted molar refractivity (Wildman–Crippen MR) is 118 cm³/mol. The van der Waals surface area contributed by atoms with Crippen molar-refractivity contribution >= 4 is 23.0 Å². The molecule has 0 amide bonds. The molecule has 1 aliphatic rings. The van der Waals surface area contributed by atoms with E-state index in [1.165, 1.54) is 0 Å². The fourth-order valence-electron chi connectivity index (χ4n) is 3.22. The van der Waals surface area contributed by atoms with Gasteiger partial charge in [0.1, 0.15) is 29.1 Å². The van der Waals surface area contributed by atoms with Crippen LogP contribution in [-0.4, -0.2) is 54.8 Å². The Hall–Kier alpha value is -3.69. The number of anilines is 3. The molecular weight excluding hydrogens is 394 g/mol. The molecule has 1 fully saturated rings. The van der Waals surface area contributed by atoms with Crippen LogP contribution >= 0.6 is 0 Å². The maximum atomic E-state index is 5.95. The van der Waals surface area contributed by atoms with Crippen LogP contribution in [0.3, 0.4) is 0 Å². The molecular formula is C21H25N9O. The minimum atomic E-state index is 0.223. The molecule has 0 spiro atoms. The summed E-state index contributed by atoms with van der Waals surface area (Å²) < 4.78 is 9.58. The molecule has 0 aliphatic heterocycles. The fraction of sp³-hybridized carbons (Fsp3) is 0.381. The second-order valence-electron chi connectivity index (χ2n) is 8.16. The third-order valence-electron chi connectivity index (χ3n) is 5.06. The molecule has 4 aromatic rings. The summed E-state index contributed by atoms with van der Waals surface area (Å²) in [5, 5.41) is 16.5. The van der Waals surface area contributed by atoms with Gasteiger partial charge in [0.2, 0.25) is 5.88 Å². The summed E-state index contributed by atoms with van der Waals surface area (Å²) in [5.41, 5.74) is 3.03. The van der Waals surface area contributed by atoms with E-state index in [0.29, 0.717) is 17.3 Å². The van der Waals surface area contributed by atoms with E-state index in [1.807, 2.05) is 48.1 Å². The predicted octanol–water partition coefficient (Wildman–Crippen LogP) is 3.31.